The normalized spacial score (nSPS) is 21.3. The minimum Gasteiger partial charge on any atom is -0.457 e. The van der Waals surface area contributed by atoms with Crippen molar-refractivity contribution in [3.63, 3.8) is 0 Å². The van der Waals surface area contributed by atoms with Crippen LogP contribution in [0.25, 0.3) is 0 Å². The summed E-state index contributed by atoms with van der Waals surface area (Å²) in [6.45, 7) is 2.13. The van der Waals surface area contributed by atoms with Gasteiger partial charge in [-0.1, -0.05) is 29.3 Å². The van der Waals surface area contributed by atoms with Crippen molar-refractivity contribution < 1.29 is 14.7 Å². The lowest BCUT2D eigenvalue weighted by molar-refractivity contribution is -0.0792. The van der Waals surface area contributed by atoms with Crippen molar-refractivity contribution in [3.05, 3.63) is 59.7 Å². The summed E-state index contributed by atoms with van der Waals surface area (Å²) < 4.78 is 5.89. The Balaban J connectivity index is 1.50. The van der Waals surface area contributed by atoms with E-state index in [1.54, 1.807) is 0 Å². The maximum absolute atomic E-state index is 10.0. The number of ether oxygens (including phenoxy) is 1. The van der Waals surface area contributed by atoms with Gasteiger partial charge in [0.2, 0.25) is 0 Å². The predicted molar refractivity (Wildman–Crippen MR) is 102 cm³/mol. The Morgan fingerprint density at radius 2 is 1.62 bits per heavy atom. The molecule has 2 aliphatic rings. The fourth-order valence-corrected chi connectivity index (χ4v) is 4.05. The number of rotatable bonds is 4. The Hall–Kier alpha value is -2.33. The maximum Gasteiger partial charge on any atom is 0.148 e. The summed E-state index contributed by atoms with van der Waals surface area (Å²) >= 11 is 0. The maximum atomic E-state index is 10.0. The first kappa shape index (κ1) is 17.1. The van der Waals surface area contributed by atoms with Gasteiger partial charge in [0.05, 0.1) is 18.2 Å². The lowest BCUT2D eigenvalue weighted by atomic mass is 9.73. The van der Waals surface area contributed by atoms with Crippen molar-refractivity contribution in [2.75, 3.05) is 6.61 Å². The molecule has 0 bridgehead atoms. The summed E-state index contributed by atoms with van der Waals surface area (Å²) in [7, 11) is 0. The second kappa shape index (κ2) is 7.12. The first-order chi connectivity index (χ1) is 12.7. The SMILES string of the molecule is Cc1ccc(Oc2ccc(C3=NOC4(CCCCC4)C3CO)cc2)cc1. The summed E-state index contributed by atoms with van der Waals surface area (Å²) in [4.78, 5) is 5.89. The van der Waals surface area contributed by atoms with Crippen molar-refractivity contribution >= 4 is 5.71 Å². The van der Waals surface area contributed by atoms with E-state index in [0.29, 0.717) is 0 Å². The number of hydrogen-bond donors (Lipinski definition) is 1. The van der Waals surface area contributed by atoms with Gasteiger partial charge in [-0.25, -0.2) is 0 Å². The summed E-state index contributed by atoms with van der Waals surface area (Å²) in [6, 6.07) is 15.9. The highest BCUT2D eigenvalue weighted by Crippen LogP contribution is 2.43. The molecule has 1 aliphatic carbocycles. The molecule has 0 amide bonds. The van der Waals surface area contributed by atoms with Gasteiger partial charge in [-0.2, -0.15) is 0 Å². The molecule has 2 aromatic rings. The highest BCUT2D eigenvalue weighted by Gasteiger charge is 2.49. The van der Waals surface area contributed by atoms with Crippen LogP contribution in [-0.4, -0.2) is 23.0 Å². The fourth-order valence-electron chi connectivity index (χ4n) is 4.05. The first-order valence-electron chi connectivity index (χ1n) is 9.42. The van der Waals surface area contributed by atoms with E-state index in [1.807, 2.05) is 48.5 Å². The van der Waals surface area contributed by atoms with Crippen LogP contribution < -0.4 is 4.74 Å². The quantitative estimate of drug-likeness (QED) is 0.858. The van der Waals surface area contributed by atoms with Gasteiger partial charge in [-0.3, -0.25) is 0 Å². The van der Waals surface area contributed by atoms with Gasteiger partial charge in [0.1, 0.15) is 17.1 Å². The molecule has 136 valence electrons. The molecule has 1 fully saturated rings. The number of oxime groups is 1. The number of benzene rings is 2. The highest BCUT2D eigenvalue weighted by atomic mass is 16.7. The van der Waals surface area contributed by atoms with Crippen molar-refractivity contribution in [2.24, 2.45) is 11.1 Å². The second-order valence-corrected chi connectivity index (χ2v) is 7.37. The molecule has 1 heterocycles. The largest absolute Gasteiger partial charge is 0.457 e. The topological polar surface area (TPSA) is 51.0 Å². The van der Waals surface area contributed by atoms with Crippen LogP contribution >= 0.6 is 0 Å². The lowest BCUT2D eigenvalue weighted by Crippen LogP contribution is -2.43. The summed E-state index contributed by atoms with van der Waals surface area (Å²) in [5, 5.41) is 14.4. The molecular weight excluding hydrogens is 326 g/mol. The zero-order valence-corrected chi connectivity index (χ0v) is 15.1. The van der Waals surface area contributed by atoms with E-state index in [2.05, 4.69) is 12.1 Å². The molecule has 4 rings (SSSR count). The van der Waals surface area contributed by atoms with Gasteiger partial charge in [0.25, 0.3) is 0 Å². The van der Waals surface area contributed by atoms with E-state index >= 15 is 0 Å². The second-order valence-electron chi connectivity index (χ2n) is 7.37. The Morgan fingerprint density at radius 3 is 2.23 bits per heavy atom. The van der Waals surface area contributed by atoms with Crippen molar-refractivity contribution in [2.45, 2.75) is 44.6 Å². The molecule has 4 nitrogen and oxygen atoms in total. The van der Waals surface area contributed by atoms with Crippen molar-refractivity contribution in [1.82, 2.24) is 0 Å². The van der Waals surface area contributed by atoms with Crippen LogP contribution in [0.4, 0.5) is 0 Å². The number of aliphatic hydroxyl groups is 1. The van der Waals surface area contributed by atoms with Crippen LogP contribution in [0.5, 0.6) is 11.5 Å². The van der Waals surface area contributed by atoms with E-state index in [4.69, 9.17) is 9.57 Å². The van der Waals surface area contributed by atoms with Gasteiger partial charge in [0, 0.05) is 5.56 Å². The molecule has 2 aromatic carbocycles. The fraction of sp³-hybridized carbons (Fsp3) is 0.409. The zero-order chi connectivity index (χ0) is 18.0. The molecule has 1 saturated carbocycles. The average Bonchev–Trinajstić information content (AvgIpc) is 3.02. The van der Waals surface area contributed by atoms with Crippen molar-refractivity contribution in [1.29, 1.82) is 0 Å². The molecule has 1 unspecified atom stereocenters. The van der Waals surface area contributed by atoms with Gasteiger partial charge in [-0.15, -0.1) is 0 Å². The van der Waals surface area contributed by atoms with Crippen LogP contribution in [0.15, 0.2) is 53.7 Å². The van der Waals surface area contributed by atoms with E-state index in [9.17, 15) is 5.11 Å². The highest BCUT2D eigenvalue weighted by molar-refractivity contribution is 6.03. The summed E-state index contributed by atoms with van der Waals surface area (Å²) in [5.41, 5.74) is 2.75. The first-order valence-corrected chi connectivity index (χ1v) is 9.42. The predicted octanol–water partition coefficient (Wildman–Crippen LogP) is 4.83. The Bertz CT molecular complexity index is 774. The Morgan fingerprint density at radius 1 is 1.00 bits per heavy atom. The molecule has 1 N–H and O–H groups in total. The molecule has 26 heavy (non-hydrogen) atoms. The molecule has 1 aliphatic heterocycles. The monoisotopic (exact) mass is 351 g/mol. The zero-order valence-electron chi connectivity index (χ0n) is 15.1. The van der Waals surface area contributed by atoms with Crippen LogP contribution in [0, 0.1) is 12.8 Å². The van der Waals surface area contributed by atoms with Gasteiger partial charge >= 0.3 is 0 Å². The van der Waals surface area contributed by atoms with Crippen LogP contribution in [0.2, 0.25) is 0 Å². The number of nitrogens with zero attached hydrogens (tertiary/aromatic N) is 1. The van der Waals surface area contributed by atoms with Crippen LogP contribution in [0.1, 0.15) is 43.2 Å². The van der Waals surface area contributed by atoms with Crippen LogP contribution in [-0.2, 0) is 4.84 Å². The number of aliphatic hydroxyl groups excluding tert-OH is 1. The third-order valence-corrected chi connectivity index (χ3v) is 5.58. The molecule has 0 aromatic heterocycles. The average molecular weight is 351 g/mol. The molecule has 0 saturated heterocycles. The molecule has 1 spiro atoms. The molecule has 0 radical (unpaired) electrons. The molecular formula is C22H25NO3. The Kier molecular flexibility index (Phi) is 4.68. The number of aryl methyl sites for hydroxylation is 1. The van der Waals surface area contributed by atoms with E-state index in [1.165, 1.54) is 12.0 Å². The van der Waals surface area contributed by atoms with Gasteiger partial charge < -0.3 is 14.7 Å². The molecule has 1 atom stereocenters. The van der Waals surface area contributed by atoms with Crippen molar-refractivity contribution in [3.8, 4) is 11.5 Å². The standard InChI is InChI=1S/C22H25NO3/c1-16-5-9-18(10-6-16)25-19-11-7-17(8-12-19)21-20(15-24)22(26-23-21)13-3-2-4-14-22/h5-12,20,24H,2-4,13-15H2,1H3. The molecule has 4 heteroatoms. The Labute approximate surface area is 154 Å². The summed E-state index contributed by atoms with van der Waals surface area (Å²) in [5.74, 6) is 1.55. The lowest BCUT2D eigenvalue weighted by Gasteiger charge is -2.35. The van der Waals surface area contributed by atoms with E-state index < -0.39 is 0 Å². The van der Waals surface area contributed by atoms with Gasteiger partial charge in [0.15, 0.2) is 0 Å². The third-order valence-electron chi connectivity index (χ3n) is 5.58. The number of hydrogen-bond acceptors (Lipinski definition) is 4. The minimum atomic E-state index is -0.306. The van der Waals surface area contributed by atoms with E-state index in [-0.39, 0.29) is 18.1 Å². The van der Waals surface area contributed by atoms with Gasteiger partial charge in [-0.05, 0) is 69.0 Å². The third kappa shape index (κ3) is 3.21. The van der Waals surface area contributed by atoms with Crippen LogP contribution in [0.3, 0.4) is 0 Å². The summed E-state index contributed by atoms with van der Waals surface area (Å²) in [6.07, 6.45) is 5.47. The smallest absolute Gasteiger partial charge is 0.148 e. The van der Waals surface area contributed by atoms with E-state index in [0.717, 1.165) is 48.5 Å². The minimum absolute atomic E-state index is 0.0494.